The standard InChI is InChI=1S/C22H21F3N6O/c1-13-7-8-15(9-14(13)2)31-16(10-20(29-31)22(23,24)25)11-26-21(32)28-18-5-4-6-19-17(18)12-27-30(19)3/h4-10,12H,11H2,1-3H3,(H2,26,28,32). The fourth-order valence-corrected chi connectivity index (χ4v) is 3.39. The van der Waals surface area contributed by atoms with Gasteiger partial charge in [0.2, 0.25) is 0 Å². The molecule has 7 nitrogen and oxygen atoms in total. The number of halogens is 3. The van der Waals surface area contributed by atoms with Crippen molar-refractivity contribution in [1.29, 1.82) is 0 Å². The summed E-state index contributed by atoms with van der Waals surface area (Å²) in [5.41, 5.74) is 3.00. The molecule has 2 aromatic heterocycles. The third-order valence-corrected chi connectivity index (χ3v) is 5.28. The van der Waals surface area contributed by atoms with Crippen LogP contribution in [0.25, 0.3) is 16.6 Å². The molecule has 2 amide bonds. The first-order valence-corrected chi connectivity index (χ1v) is 9.83. The number of hydrogen-bond donors (Lipinski definition) is 2. The van der Waals surface area contributed by atoms with Gasteiger partial charge in [0.1, 0.15) is 0 Å². The molecule has 166 valence electrons. The molecule has 0 unspecified atom stereocenters. The first-order valence-electron chi connectivity index (χ1n) is 9.83. The molecule has 4 aromatic rings. The second kappa shape index (κ2) is 8.03. The van der Waals surface area contributed by atoms with E-state index in [0.29, 0.717) is 11.4 Å². The van der Waals surface area contributed by atoms with Gasteiger partial charge in [-0.05, 0) is 55.3 Å². The molecule has 0 radical (unpaired) electrons. The van der Waals surface area contributed by atoms with E-state index in [-0.39, 0.29) is 12.2 Å². The van der Waals surface area contributed by atoms with Crippen LogP contribution in [0.3, 0.4) is 0 Å². The Labute approximate surface area is 181 Å². The zero-order valence-corrected chi connectivity index (χ0v) is 17.7. The molecule has 2 N–H and O–H groups in total. The Balaban J connectivity index is 1.57. The molecular formula is C22H21F3N6O. The predicted molar refractivity (Wildman–Crippen MR) is 115 cm³/mol. The van der Waals surface area contributed by atoms with E-state index >= 15 is 0 Å². The lowest BCUT2D eigenvalue weighted by Crippen LogP contribution is -2.29. The summed E-state index contributed by atoms with van der Waals surface area (Å²) in [5.74, 6) is 0. The largest absolute Gasteiger partial charge is 0.435 e. The Morgan fingerprint density at radius 2 is 1.88 bits per heavy atom. The summed E-state index contributed by atoms with van der Waals surface area (Å²) in [7, 11) is 1.79. The van der Waals surface area contributed by atoms with Gasteiger partial charge in [-0.2, -0.15) is 23.4 Å². The van der Waals surface area contributed by atoms with Crippen LogP contribution in [0, 0.1) is 13.8 Å². The number of aryl methyl sites for hydroxylation is 3. The van der Waals surface area contributed by atoms with Gasteiger partial charge in [-0.3, -0.25) is 4.68 Å². The number of fused-ring (bicyclic) bond motifs is 1. The zero-order valence-electron chi connectivity index (χ0n) is 17.7. The van der Waals surface area contributed by atoms with Crippen LogP contribution in [-0.4, -0.2) is 25.6 Å². The Bertz CT molecular complexity index is 1300. The number of amides is 2. The van der Waals surface area contributed by atoms with Crippen molar-refractivity contribution in [2.45, 2.75) is 26.6 Å². The second-order valence-electron chi connectivity index (χ2n) is 7.51. The SMILES string of the molecule is Cc1ccc(-n2nc(C(F)(F)F)cc2CNC(=O)Nc2cccc3c2cnn3C)cc1C. The molecule has 0 bridgehead atoms. The van der Waals surface area contributed by atoms with E-state index in [4.69, 9.17) is 0 Å². The summed E-state index contributed by atoms with van der Waals surface area (Å²) >= 11 is 0. The first-order chi connectivity index (χ1) is 15.1. The van der Waals surface area contributed by atoms with Crippen LogP contribution in [0.5, 0.6) is 0 Å². The van der Waals surface area contributed by atoms with E-state index in [2.05, 4.69) is 20.8 Å². The molecule has 0 aliphatic heterocycles. The van der Waals surface area contributed by atoms with Gasteiger partial charge in [-0.25, -0.2) is 9.48 Å². The number of aromatic nitrogens is 4. The molecule has 0 atom stereocenters. The van der Waals surface area contributed by atoms with Crippen LogP contribution in [0.15, 0.2) is 48.7 Å². The summed E-state index contributed by atoms with van der Waals surface area (Å²) in [6, 6.07) is 11.0. The molecule has 0 aliphatic rings. The topological polar surface area (TPSA) is 76.8 Å². The molecule has 0 fully saturated rings. The third-order valence-electron chi connectivity index (χ3n) is 5.28. The maximum atomic E-state index is 13.3. The number of carbonyl (C=O) groups excluding carboxylic acids is 1. The van der Waals surface area contributed by atoms with Crippen molar-refractivity contribution in [2.75, 3.05) is 5.32 Å². The maximum absolute atomic E-state index is 13.3. The van der Waals surface area contributed by atoms with Crippen LogP contribution in [-0.2, 0) is 19.8 Å². The van der Waals surface area contributed by atoms with Crippen LogP contribution in [0.1, 0.15) is 22.5 Å². The Morgan fingerprint density at radius 1 is 1.09 bits per heavy atom. The number of benzene rings is 2. The average molecular weight is 442 g/mol. The highest BCUT2D eigenvalue weighted by Gasteiger charge is 2.35. The Kier molecular flexibility index (Phi) is 5.37. The highest BCUT2D eigenvalue weighted by molar-refractivity contribution is 6.00. The molecule has 0 spiro atoms. The molecule has 0 saturated carbocycles. The highest BCUT2D eigenvalue weighted by Crippen LogP contribution is 2.30. The summed E-state index contributed by atoms with van der Waals surface area (Å²) in [6.45, 7) is 3.64. The minimum Gasteiger partial charge on any atom is -0.332 e. The van der Waals surface area contributed by atoms with Gasteiger partial charge in [0.05, 0.1) is 35.3 Å². The van der Waals surface area contributed by atoms with Gasteiger partial charge in [0, 0.05) is 12.4 Å². The van der Waals surface area contributed by atoms with E-state index in [1.54, 1.807) is 42.2 Å². The average Bonchev–Trinajstić information content (AvgIpc) is 3.33. The van der Waals surface area contributed by atoms with Crippen molar-refractivity contribution in [1.82, 2.24) is 24.9 Å². The normalized spacial score (nSPS) is 11.7. The highest BCUT2D eigenvalue weighted by atomic mass is 19.4. The monoisotopic (exact) mass is 442 g/mol. The summed E-state index contributed by atoms with van der Waals surface area (Å²) in [5, 5.41) is 14.0. The number of rotatable bonds is 4. The van der Waals surface area contributed by atoms with Gasteiger partial charge in [0.15, 0.2) is 5.69 Å². The van der Waals surface area contributed by atoms with E-state index in [1.165, 1.54) is 4.68 Å². The molecule has 32 heavy (non-hydrogen) atoms. The van der Waals surface area contributed by atoms with E-state index in [1.807, 2.05) is 26.0 Å². The van der Waals surface area contributed by atoms with Crippen LogP contribution in [0.2, 0.25) is 0 Å². The molecule has 2 heterocycles. The van der Waals surface area contributed by atoms with Crippen molar-refractivity contribution < 1.29 is 18.0 Å². The molecule has 0 saturated heterocycles. The number of hydrogen-bond acceptors (Lipinski definition) is 3. The number of carbonyl (C=O) groups is 1. The van der Waals surface area contributed by atoms with Crippen molar-refractivity contribution in [2.24, 2.45) is 7.05 Å². The minimum atomic E-state index is -4.60. The minimum absolute atomic E-state index is 0.148. The molecule has 2 aromatic carbocycles. The summed E-state index contributed by atoms with van der Waals surface area (Å²) < 4.78 is 42.8. The Morgan fingerprint density at radius 3 is 2.59 bits per heavy atom. The van der Waals surface area contributed by atoms with Crippen molar-refractivity contribution >= 4 is 22.6 Å². The number of nitrogens with zero attached hydrogens (tertiary/aromatic N) is 4. The lowest BCUT2D eigenvalue weighted by Gasteiger charge is -2.11. The fraction of sp³-hybridized carbons (Fsp3) is 0.227. The van der Waals surface area contributed by atoms with E-state index < -0.39 is 17.9 Å². The predicted octanol–water partition coefficient (Wildman–Crippen LogP) is 4.72. The smallest absolute Gasteiger partial charge is 0.332 e. The van der Waals surface area contributed by atoms with Crippen molar-refractivity contribution in [3.8, 4) is 5.69 Å². The molecule has 4 rings (SSSR count). The summed E-state index contributed by atoms with van der Waals surface area (Å²) in [4.78, 5) is 12.5. The zero-order chi connectivity index (χ0) is 23.0. The van der Waals surface area contributed by atoms with Gasteiger partial charge in [-0.1, -0.05) is 12.1 Å². The summed E-state index contributed by atoms with van der Waals surface area (Å²) in [6.07, 6.45) is -2.96. The lowest BCUT2D eigenvalue weighted by atomic mass is 10.1. The first kappa shape index (κ1) is 21.4. The van der Waals surface area contributed by atoms with Gasteiger partial charge in [-0.15, -0.1) is 0 Å². The molecule has 10 heteroatoms. The number of urea groups is 1. The lowest BCUT2D eigenvalue weighted by molar-refractivity contribution is -0.141. The quantitative estimate of drug-likeness (QED) is 0.480. The van der Waals surface area contributed by atoms with Crippen LogP contribution >= 0.6 is 0 Å². The van der Waals surface area contributed by atoms with Crippen molar-refractivity contribution in [3.63, 3.8) is 0 Å². The van der Waals surface area contributed by atoms with Crippen LogP contribution < -0.4 is 10.6 Å². The second-order valence-corrected chi connectivity index (χ2v) is 7.51. The van der Waals surface area contributed by atoms with Crippen molar-refractivity contribution in [3.05, 3.63) is 71.2 Å². The van der Waals surface area contributed by atoms with E-state index in [0.717, 1.165) is 28.1 Å². The van der Waals surface area contributed by atoms with E-state index in [9.17, 15) is 18.0 Å². The maximum Gasteiger partial charge on any atom is 0.435 e. The van der Waals surface area contributed by atoms with Crippen LogP contribution in [0.4, 0.5) is 23.7 Å². The number of nitrogens with one attached hydrogen (secondary N) is 2. The number of anilines is 1. The fourth-order valence-electron chi connectivity index (χ4n) is 3.39. The number of alkyl halides is 3. The molecular weight excluding hydrogens is 421 g/mol. The van der Waals surface area contributed by atoms with Gasteiger partial charge >= 0.3 is 12.2 Å². The molecule has 0 aliphatic carbocycles. The van der Waals surface area contributed by atoms with Gasteiger partial charge in [0.25, 0.3) is 0 Å². The third kappa shape index (κ3) is 4.16. The Hall–Kier alpha value is -3.82. The van der Waals surface area contributed by atoms with Gasteiger partial charge < -0.3 is 10.6 Å².